The number of aromatic nitrogens is 2. The number of nitrogens with one attached hydrogen (secondary N) is 1. The lowest BCUT2D eigenvalue weighted by Gasteiger charge is -2.20. The smallest absolute Gasteiger partial charge is 0.0537 e. The van der Waals surface area contributed by atoms with Gasteiger partial charge in [-0.25, -0.2) is 0 Å². The lowest BCUT2D eigenvalue weighted by molar-refractivity contribution is 0.358. The minimum atomic E-state index is 0.390. The summed E-state index contributed by atoms with van der Waals surface area (Å²) in [5.74, 6) is 0. The number of hydrogen-bond acceptors (Lipinski definition) is 2. The Morgan fingerprint density at radius 3 is 2.60 bits per heavy atom. The van der Waals surface area contributed by atoms with Gasteiger partial charge in [-0.1, -0.05) is 20.8 Å². The summed E-state index contributed by atoms with van der Waals surface area (Å²) >= 11 is 0. The van der Waals surface area contributed by atoms with Gasteiger partial charge in [0.05, 0.1) is 6.20 Å². The molecule has 0 saturated heterocycles. The fourth-order valence-electron chi connectivity index (χ4n) is 1.45. The standard InChI is InChI=1S/C12H23N3/c1-10(11-8-14-15(5)9-11)13-7-6-12(2,3)4/h8-10,13H,6-7H2,1-5H3. The van der Waals surface area contributed by atoms with Gasteiger partial charge in [0.15, 0.2) is 0 Å². The SMILES string of the molecule is CC(NCCC(C)(C)C)c1cnn(C)c1. The van der Waals surface area contributed by atoms with Crippen LogP contribution in [-0.2, 0) is 7.05 Å². The summed E-state index contributed by atoms with van der Waals surface area (Å²) in [6.45, 7) is 10.0. The number of hydrogen-bond donors (Lipinski definition) is 1. The topological polar surface area (TPSA) is 29.9 Å². The van der Waals surface area contributed by atoms with E-state index < -0.39 is 0 Å². The van der Waals surface area contributed by atoms with E-state index in [9.17, 15) is 0 Å². The van der Waals surface area contributed by atoms with Gasteiger partial charge in [0.1, 0.15) is 0 Å². The Bertz CT molecular complexity index is 296. The highest BCUT2D eigenvalue weighted by molar-refractivity contribution is 5.08. The summed E-state index contributed by atoms with van der Waals surface area (Å²) in [5, 5.41) is 7.69. The predicted molar refractivity (Wildman–Crippen MR) is 63.7 cm³/mol. The summed E-state index contributed by atoms with van der Waals surface area (Å²) < 4.78 is 1.84. The molecule has 0 radical (unpaired) electrons. The molecule has 1 rings (SSSR count). The van der Waals surface area contributed by atoms with Gasteiger partial charge in [-0.05, 0) is 25.3 Å². The molecule has 0 spiro atoms. The average molecular weight is 209 g/mol. The molecule has 15 heavy (non-hydrogen) atoms. The monoisotopic (exact) mass is 209 g/mol. The van der Waals surface area contributed by atoms with Crippen molar-refractivity contribution in [3.05, 3.63) is 18.0 Å². The van der Waals surface area contributed by atoms with Crippen LogP contribution < -0.4 is 5.32 Å². The van der Waals surface area contributed by atoms with Gasteiger partial charge in [-0.3, -0.25) is 4.68 Å². The highest BCUT2D eigenvalue weighted by Gasteiger charge is 2.11. The van der Waals surface area contributed by atoms with Gasteiger partial charge in [0.25, 0.3) is 0 Å². The largest absolute Gasteiger partial charge is 0.310 e. The van der Waals surface area contributed by atoms with Crippen molar-refractivity contribution < 1.29 is 0 Å². The molecule has 0 amide bonds. The second-order valence-corrected chi connectivity index (χ2v) is 5.43. The first-order valence-electron chi connectivity index (χ1n) is 5.60. The molecule has 0 bridgehead atoms. The van der Waals surface area contributed by atoms with Crippen LogP contribution in [0.1, 0.15) is 45.7 Å². The maximum Gasteiger partial charge on any atom is 0.0537 e. The molecule has 0 saturated carbocycles. The summed E-state index contributed by atoms with van der Waals surface area (Å²) in [6.07, 6.45) is 5.18. The van der Waals surface area contributed by atoms with Gasteiger partial charge in [-0.2, -0.15) is 5.10 Å². The van der Waals surface area contributed by atoms with Crippen LogP contribution in [0.3, 0.4) is 0 Å². The predicted octanol–water partition coefficient (Wildman–Crippen LogP) is 2.51. The molecule has 0 aliphatic heterocycles. The minimum Gasteiger partial charge on any atom is -0.310 e. The molecule has 0 aliphatic rings. The van der Waals surface area contributed by atoms with Crippen LogP contribution in [0, 0.1) is 5.41 Å². The molecule has 1 unspecified atom stereocenters. The van der Waals surface area contributed by atoms with Crippen LogP contribution in [-0.4, -0.2) is 16.3 Å². The van der Waals surface area contributed by atoms with E-state index in [0.717, 1.165) is 6.54 Å². The molecule has 3 nitrogen and oxygen atoms in total. The van der Waals surface area contributed by atoms with Gasteiger partial charge >= 0.3 is 0 Å². The van der Waals surface area contributed by atoms with Gasteiger partial charge < -0.3 is 5.32 Å². The zero-order chi connectivity index (χ0) is 11.5. The third kappa shape index (κ3) is 4.47. The van der Waals surface area contributed by atoms with E-state index in [2.05, 4.69) is 44.3 Å². The molecular formula is C12H23N3. The van der Waals surface area contributed by atoms with E-state index in [4.69, 9.17) is 0 Å². The fourth-order valence-corrected chi connectivity index (χ4v) is 1.45. The van der Waals surface area contributed by atoms with Crippen LogP contribution in [0.15, 0.2) is 12.4 Å². The van der Waals surface area contributed by atoms with Crippen molar-refractivity contribution in [2.45, 2.75) is 40.2 Å². The van der Waals surface area contributed by atoms with Crippen molar-refractivity contribution in [1.82, 2.24) is 15.1 Å². The molecule has 1 N–H and O–H groups in total. The fraction of sp³-hybridized carbons (Fsp3) is 0.750. The Morgan fingerprint density at radius 1 is 1.47 bits per heavy atom. The van der Waals surface area contributed by atoms with Crippen molar-refractivity contribution in [3.63, 3.8) is 0 Å². The summed E-state index contributed by atoms with van der Waals surface area (Å²) in [6, 6.07) is 0.390. The number of aryl methyl sites for hydroxylation is 1. The minimum absolute atomic E-state index is 0.390. The van der Waals surface area contributed by atoms with Gasteiger partial charge in [0.2, 0.25) is 0 Å². The Morgan fingerprint density at radius 2 is 2.13 bits per heavy atom. The highest BCUT2D eigenvalue weighted by atomic mass is 15.2. The quantitative estimate of drug-likeness (QED) is 0.825. The van der Waals surface area contributed by atoms with Crippen LogP contribution in [0.25, 0.3) is 0 Å². The first kappa shape index (κ1) is 12.2. The lowest BCUT2D eigenvalue weighted by atomic mass is 9.92. The van der Waals surface area contributed by atoms with E-state index in [1.165, 1.54) is 12.0 Å². The van der Waals surface area contributed by atoms with E-state index in [1.54, 1.807) is 0 Å². The molecule has 1 heterocycles. The van der Waals surface area contributed by atoms with Crippen LogP contribution in [0.4, 0.5) is 0 Å². The molecule has 0 fully saturated rings. The first-order chi connectivity index (χ1) is 6.88. The first-order valence-corrected chi connectivity index (χ1v) is 5.60. The summed E-state index contributed by atoms with van der Waals surface area (Å²) in [7, 11) is 1.95. The Labute approximate surface area is 92.9 Å². The molecule has 1 aromatic heterocycles. The number of rotatable bonds is 4. The van der Waals surface area contributed by atoms with E-state index in [-0.39, 0.29) is 0 Å². The van der Waals surface area contributed by atoms with Crippen molar-refractivity contribution in [2.24, 2.45) is 12.5 Å². The van der Waals surface area contributed by atoms with Crippen LogP contribution in [0.5, 0.6) is 0 Å². The zero-order valence-electron chi connectivity index (χ0n) is 10.5. The second kappa shape index (κ2) is 4.79. The van der Waals surface area contributed by atoms with E-state index in [1.807, 2.05) is 17.9 Å². The summed E-state index contributed by atoms with van der Waals surface area (Å²) in [4.78, 5) is 0. The highest BCUT2D eigenvalue weighted by Crippen LogP contribution is 2.18. The molecule has 0 aliphatic carbocycles. The maximum absolute atomic E-state index is 4.17. The van der Waals surface area contributed by atoms with Gasteiger partial charge in [0, 0.05) is 24.8 Å². The molecule has 1 atom stereocenters. The third-order valence-electron chi connectivity index (χ3n) is 2.55. The Kier molecular flexibility index (Phi) is 3.91. The molecule has 3 heteroatoms. The van der Waals surface area contributed by atoms with Crippen molar-refractivity contribution in [2.75, 3.05) is 6.54 Å². The normalized spacial score (nSPS) is 14.2. The lowest BCUT2D eigenvalue weighted by Crippen LogP contribution is -2.23. The average Bonchev–Trinajstić information content (AvgIpc) is 2.49. The van der Waals surface area contributed by atoms with Gasteiger partial charge in [-0.15, -0.1) is 0 Å². The molecular weight excluding hydrogens is 186 g/mol. The molecule has 0 aromatic carbocycles. The summed E-state index contributed by atoms with van der Waals surface area (Å²) in [5.41, 5.74) is 1.66. The van der Waals surface area contributed by atoms with Crippen molar-refractivity contribution in [1.29, 1.82) is 0 Å². The number of nitrogens with zero attached hydrogens (tertiary/aromatic N) is 2. The zero-order valence-corrected chi connectivity index (χ0v) is 10.5. The maximum atomic E-state index is 4.17. The van der Waals surface area contributed by atoms with Crippen LogP contribution >= 0.6 is 0 Å². The van der Waals surface area contributed by atoms with Crippen molar-refractivity contribution in [3.8, 4) is 0 Å². The Balaban J connectivity index is 2.34. The van der Waals surface area contributed by atoms with Crippen LogP contribution in [0.2, 0.25) is 0 Å². The second-order valence-electron chi connectivity index (χ2n) is 5.43. The Hall–Kier alpha value is -0.830. The van der Waals surface area contributed by atoms with E-state index >= 15 is 0 Å². The molecule has 1 aromatic rings. The van der Waals surface area contributed by atoms with Crippen molar-refractivity contribution >= 4 is 0 Å². The third-order valence-corrected chi connectivity index (χ3v) is 2.55. The van der Waals surface area contributed by atoms with E-state index in [0.29, 0.717) is 11.5 Å². The molecule has 86 valence electrons.